The highest BCUT2D eigenvalue weighted by Gasteiger charge is 2.38. The van der Waals surface area contributed by atoms with Gasteiger partial charge in [-0.15, -0.1) is 0 Å². The van der Waals surface area contributed by atoms with Gasteiger partial charge in [0.2, 0.25) is 11.8 Å². The van der Waals surface area contributed by atoms with Gasteiger partial charge in [-0.1, -0.05) is 6.07 Å². The second-order valence-corrected chi connectivity index (χ2v) is 7.94. The van der Waals surface area contributed by atoms with E-state index in [1.165, 1.54) is 0 Å². The van der Waals surface area contributed by atoms with Crippen molar-refractivity contribution in [1.29, 1.82) is 0 Å². The van der Waals surface area contributed by atoms with Crippen molar-refractivity contribution >= 4 is 11.8 Å². The van der Waals surface area contributed by atoms with E-state index in [4.69, 9.17) is 0 Å². The predicted octanol–water partition coefficient (Wildman–Crippen LogP) is 1.76. The van der Waals surface area contributed by atoms with Gasteiger partial charge in [0.05, 0.1) is 12.2 Å². The van der Waals surface area contributed by atoms with Crippen LogP contribution in [0.2, 0.25) is 0 Å². The number of aromatic nitrogens is 1. The molecule has 1 aromatic heterocycles. The summed E-state index contributed by atoms with van der Waals surface area (Å²) in [6.45, 7) is 3.57. The summed E-state index contributed by atoms with van der Waals surface area (Å²) in [6, 6.07) is 5.85. The van der Waals surface area contributed by atoms with E-state index in [1.54, 1.807) is 6.20 Å². The summed E-state index contributed by atoms with van der Waals surface area (Å²) in [5.41, 5.74) is 1.23. The number of hydrogen-bond donors (Lipinski definition) is 0. The minimum atomic E-state index is 0.195. The van der Waals surface area contributed by atoms with Gasteiger partial charge in [0, 0.05) is 45.8 Å². The third-order valence-electron chi connectivity index (χ3n) is 6.01. The summed E-state index contributed by atoms with van der Waals surface area (Å²) in [7, 11) is 3.86. The van der Waals surface area contributed by atoms with E-state index in [-0.39, 0.29) is 17.2 Å². The smallest absolute Gasteiger partial charge is 0.236 e. The van der Waals surface area contributed by atoms with Crippen molar-refractivity contribution in [2.24, 2.45) is 5.41 Å². The molecule has 0 N–H and O–H groups in total. The van der Waals surface area contributed by atoms with Crippen molar-refractivity contribution in [3.63, 3.8) is 0 Å². The molecule has 0 aliphatic carbocycles. The first-order chi connectivity index (χ1) is 12.5. The molecule has 6 nitrogen and oxygen atoms in total. The van der Waals surface area contributed by atoms with Gasteiger partial charge in [-0.25, -0.2) is 0 Å². The normalized spacial score (nSPS) is 20.5. The van der Waals surface area contributed by atoms with Crippen LogP contribution < -0.4 is 0 Å². The Labute approximate surface area is 156 Å². The molecule has 142 valence electrons. The molecule has 3 rings (SSSR count). The highest BCUT2D eigenvalue weighted by Crippen LogP contribution is 2.41. The second-order valence-electron chi connectivity index (χ2n) is 7.94. The summed E-state index contributed by atoms with van der Waals surface area (Å²) in [4.78, 5) is 34.8. The van der Waals surface area contributed by atoms with Gasteiger partial charge in [0.1, 0.15) is 0 Å². The molecule has 2 fully saturated rings. The zero-order valence-electron chi connectivity index (χ0n) is 16.0. The number of likely N-dealkylation sites (tertiary alicyclic amines) is 2. The van der Waals surface area contributed by atoms with Crippen molar-refractivity contribution in [1.82, 2.24) is 19.7 Å². The number of hydrogen-bond acceptors (Lipinski definition) is 4. The maximum Gasteiger partial charge on any atom is 0.236 e. The molecular weight excluding hydrogens is 328 g/mol. The van der Waals surface area contributed by atoms with Crippen LogP contribution in [0.15, 0.2) is 24.4 Å². The Hall–Kier alpha value is -1.95. The van der Waals surface area contributed by atoms with Crippen molar-refractivity contribution in [2.75, 3.05) is 40.3 Å². The molecule has 2 aliphatic heterocycles. The van der Waals surface area contributed by atoms with Crippen molar-refractivity contribution < 1.29 is 9.59 Å². The summed E-state index contributed by atoms with van der Waals surface area (Å²) < 4.78 is 0. The predicted molar refractivity (Wildman–Crippen MR) is 100 cm³/mol. The monoisotopic (exact) mass is 358 g/mol. The van der Waals surface area contributed by atoms with Crippen LogP contribution in [0.4, 0.5) is 0 Å². The minimum absolute atomic E-state index is 0.195. The lowest BCUT2D eigenvalue weighted by atomic mass is 9.73. The fourth-order valence-corrected chi connectivity index (χ4v) is 4.10. The zero-order valence-corrected chi connectivity index (χ0v) is 16.0. The van der Waals surface area contributed by atoms with E-state index in [2.05, 4.69) is 4.98 Å². The minimum Gasteiger partial charge on any atom is -0.346 e. The Morgan fingerprint density at radius 1 is 1.19 bits per heavy atom. The molecule has 0 radical (unpaired) electrons. The number of likely N-dealkylation sites (N-methyl/N-ethyl adjacent to an activating group) is 1. The lowest BCUT2D eigenvalue weighted by molar-refractivity contribution is -0.135. The van der Waals surface area contributed by atoms with Crippen LogP contribution in [0.1, 0.15) is 37.8 Å². The van der Waals surface area contributed by atoms with Gasteiger partial charge < -0.3 is 9.80 Å². The molecule has 0 unspecified atom stereocenters. The number of amides is 2. The third kappa shape index (κ3) is 4.61. The van der Waals surface area contributed by atoms with Gasteiger partial charge in [0.25, 0.3) is 0 Å². The first kappa shape index (κ1) is 18.8. The number of carbonyl (C=O) groups excluding carboxylic acids is 2. The molecule has 0 bridgehead atoms. The molecular formula is C20H30N4O2. The number of nitrogens with zero attached hydrogens (tertiary/aromatic N) is 4. The topological polar surface area (TPSA) is 56.8 Å². The van der Waals surface area contributed by atoms with Crippen LogP contribution in [-0.2, 0) is 16.1 Å². The Balaban J connectivity index is 1.48. The lowest BCUT2D eigenvalue weighted by Gasteiger charge is -2.41. The average molecular weight is 358 g/mol. The van der Waals surface area contributed by atoms with Gasteiger partial charge in [-0.3, -0.25) is 19.5 Å². The van der Waals surface area contributed by atoms with E-state index in [0.29, 0.717) is 19.5 Å². The van der Waals surface area contributed by atoms with Crippen LogP contribution in [0.3, 0.4) is 0 Å². The maximum atomic E-state index is 12.6. The number of rotatable bonds is 4. The van der Waals surface area contributed by atoms with Crippen LogP contribution in [-0.4, -0.2) is 71.8 Å². The SMILES string of the molecule is CN(CC(=O)N1CCC2(CCC(=O)N(C)CC2)CC1)Cc1ccccn1. The Kier molecular flexibility index (Phi) is 5.91. The summed E-state index contributed by atoms with van der Waals surface area (Å²) in [5, 5.41) is 0. The van der Waals surface area contributed by atoms with Crippen molar-refractivity contribution in [3.05, 3.63) is 30.1 Å². The second kappa shape index (κ2) is 8.16. The fourth-order valence-electron chi connectivity index (χ4n) is 4.10. The summed E-state index contributed by atoms with van der Waals surface area (Å²) >= 11 is 0. The quantitative estimate of drug-likeness (QED) is 0.823. The molecule has 26 heavy (non-hydrogen) atoms. The molecule has 2 amide bonds. The molecule has 6 heteroatoms. The largest absolute Gasteiger partial charge is 0.346 e. The van der Waals surface area contributed by atoms with Crippen LogP contribution in [0.25, 0.3) is 0 Å². The van der Waals surface area contributed by atoms with E-state index in [9.17, 15) is 9.59 Å². The first-order valence-corrected chi connectivity index (χ1v) is 9.58. The van der Waals surface area contributed by atoms with Crippen molar-refractivity contribution in [3.8, 4) is 0 Å². The molecule has 0 aromatic carbocycles. The molecule has 0 atom stereocenters. The van der Waals surface area contributed by atoms with Crippen LogP contribution in [0.5, 0.6) is 0 Å². The highest BCUT2D eigenvalue weighted by atomic mass is 16.2. The molecule has 3 heterocycles. The third-order valence-corrected chi connectivity index (χ3v) is 6.01. The molecule has 2 aliphatic rings. The highest BCUT2D eigenvalue weighted by molar-refractivity contribution is 5.78. The number of piperidine rings is 1. The van der Waals surface area contributed by atoms with E-state index >= 15 is 0 Å². The summed E-state index contributed by atoms with van der Waals surface area (Å²) in [5.74, 6) is 0.455. The molecule has 1 aromatic rings. The summed E-state index contributed by atoms with van der Waals surface area (Å²) in [6.07, 6.45) is 6.50. The van der Waals surface area contributed by atoms with E-state index < -0.39 is 0 Å². The molecule has 0 saturated carbocycles. The van der Waals surface area contributed by atoms with Gasteiger partial charge in [-0.2, -0.15) is 0 Å². The van der Waals surface area contributed by atoms with Crippen molar-refractivity contribution in [2.45, 2.75) is 38.6 Å². The lowest BCUT2D eigenvalue weighted by Crippen LogP contribution is -2.46. The fraction of sp³-hybridized carbons (Fsp3) is 0.650. The zero-order chi connectivity index (χ0) is 18.6. The van der Waals surface area contributed by atoms with Crippen LogP contribution >= 0.6 is 0 Å². The number of pyridine rings is 1. The van der Waals surface area contributed by atoms with Gasteiger partial charge >= 0.3 is 0 Å². The van der Waals surface area contributed by atoms with E-state index in [0.717, 1.165) is 51.0 Å². The molecule has 1 spiro atoms. The maximum absolute atomic E-state index is 12.6. The van der Waals surface area contributed by atoms with Gasteiger partial charge in [-0.05, 0) is 50.3 Å². The Morgan fingerprint density at radius 2 is 1.92 bits per heavy atom. The van der Waals surface area contributed by atoms with Crippen LogP contribution in [0, 0.1) is 5.41 Å². The standard InChI is InChI=1S/C20H30N4O2/c1-22(15-17-5-3-4-11-21-17)16-19(26)24-13-9-20(10-14-24)7-6-18(25)23(2)12-8-20/h3-5,11H,6-10,12-16H2,1-2H3. The van der Waals surface area contributed by atoms with E-state index in [1.807, 2.05) is 47.0 Å². The van der Waals surface area contributed by atoms with Gasteiger partial charge in [0.15, 0.2) is 0 Å². The molecule has 2 saturated heterocycles. The first-order valence-electron chi connectivity index (χ1n) is 9.58. The average Bonchev–Trinajstić information content (AvgIpc) is 2.77. The Bertz CT molecular complexity index is 626. The number of carbonyl (C=O) groups is 2. The Morgan fingerprint density at radius 3 is 2.62 bits per heavy atom.